The van der Waals surface area contributed by atoms with Crippen molar-refractivity contribution in [2.45, 2.75) is 19.4 Å². The summed E-state index contributed by atoms with van der Waals surface area (Å²) in [7, 11) is 0. The quantitative estimate of drug-likeness (QED) is 0.843. The van der Waals surface area contributed by atoms with Crippen LogP contribution in [0.1, 0.15) is 24.9 Å². The Morgan fingerprint density at radius 2 is 1.60 bits per heavy atom. The molecule has 0 aromatic heterocycles. The summed E-state index contributed by atoms with van der Waals surface area (Å²) >= 11 is 0. The number of benzene rings is 2. The molecule has 0 heterocycles. The molecule has 1 amide bonds. The predicted molar refractivity (Wildman–Crippen MR) is 82.5 cm³/mol. The summed E-state index contributed by atoms with van der Waals surface area (Å²) < 4.78 is 0. The van der Waals surface area contributed by atoms with E-state index in [0.29, 0.717) is 13.0 Å². The van der Waals surface area contributed by atoms with E-state index in [1.807, 2.05) is 55.5 Å². The molecule has 0 aliphatic carbocycles. The summed E-state index contributed by atoms with van der Waals surface area (Å²) in [5.41, 5.74) is 2.21. The Balaban J connectivity index is 2.10. The van der Waals surface area contributed by atoms with Crippen molar-refractivity contribution in [3.63, 3.8) is 0 Å². The molecule has 3 heteroatoms. The van der Waals surface area contributed by atoms with Crippen molar-refractivity contribution in [2.24, 2.45) is 0 Å². The van der Waals surface area contributed by atoms with E-state index < -0.39 is 0 Å². The van der Waals surface area contributed by atoms with Gasteiger partial charge in [-0.25, -0.2) is 0 Å². The maximum Gasteiger partial charge on any atom is 0.219 e. The first-order valence-electron chi connectivity index (χ1n) is 6.93. The molecule has 0 fully saturated rings. The third-order valence-electron chi connectivity index (χ3n) is 3.14. The molecular weight excluding hydrogens is 248 g/mol. The number of hydrogen-bond donors (Lipinski definition) is 2. The van der Waals surface area contributed by atoms with Crippen molar-refractivity contribution in [3.8, 4) is 0 Å². The minimum absolute atomic E-state index is 0.0640. The van der Waals surface area contributed by atoms with Gasteiger partial charge in [0.1, 0.15) is 0 Å². The number of para-hydroxylation sites is 1. The molecule has 1 atom stereocenters. The van der Waals surface area contributed by atoms with E-state index in [1.165, 1.54) is 0 Å². The number of nitrogens with one attached hydrogen (secondary N) is 2. The van der Waals surface area contributed by atoms with E-state index in [0.717, 1.165) is 11.3 Å². The predicted octanol–water partition coefficient (Wildman–Crippen LogP) is 3.37. The van der Waals surface area contributed by atoms with E-state index in [1.54, 1.807) is 0 Å². The number of amides is 1. The molecule has 0 radical (unpaired) electrons. The topological polar surface area (TPSA) is 41.1 Å². The lowest BCUT2D eigenvalue weighted by Crippen LogP contribution is -2.30. The fourth-order valence-corrected chi connectivity index (χ4v) is 2.01. The van der Waals surface area contributed by atoms with Gasteiger partial charge < -0.3 is 10.6 Å². The van der Waals surface area contributed by atoms with Gasteiger partial charge in [-0.2, -0.15) is 0 Å². The SMILES string of the molecule is CCC(=O)NCC(Nc1ccccc1)c1ccccc1. The fraction of sp³-hybridized carbons (Fsp3) is 0.235. The van der Waals surface area contributed by atoms with Crippen LogP contribution in [0.2, 0.25) is 0 Å². The first-order chi connectivity index (χ1) is 9.79. The lowest BCUT2D eigenvalue weighted by Gasteiger charge is -2.21. The Morgan fingerprint density at radius 1 is 1.00 bits per heavy atom. The summed E-state index contributed by atoms with van der Waals surface area (Å²) in [6.07, 6.45) is 0.507. The Labute approximate surface area is 120 Å². The van der Waals surface area contributed by atoms with Crippen molar-refractivity contribution < 1.29 is 4.79 Å². The lowest BCUT2D eigenvalue weighted by molar-refractivity contribution is -0.120. The Bertz CT molecular complexity index is 525. The molecule has 104 valence electrons. The third-order valence-corrected chi connectivity index (χ3v) is 3.14. The zero-order valence-corrected chi connectivity index (χ0v) is 11.7. The summed E-state index contributed by atoms with van der Waals surface area (Å²) in [5, 5.41) is 6.41. The number of hydrogen-bond acceptors (Lipinski definition) is 2. The number of carbonyl (C=O) groups is 1. The smallest absolute Gasteiger partial charge is 0.219 e. The average Bonchev–Trinajstić information content (AvgIpc) is 2.53. The molecule has 0 saturated heterocycles. The number of rotatable bonds is 6. The van der Waals surface area contributed by atoms with Crippen LogP contribution >= 0.6 is 0 Å². The van der Waals surface area contributed by atoms with Crippen LogP contribution in [0.5, 0.6) is 0 Å². The Morgan fingerprint density at radius 3 is 2.20 bits per heavy atom. The van der Waals surface area contributed by atoms with Gasteiger partial charge in [0.2, 0.25) is 5.91 Å². The number of anilines is 1. The molecular formula is C17H20N2O. The van der Waals surface area contributed by atoms with Crippen LogP contribution < -0.4 is 10.6 Å². The first-order valence-corrected chi connectivity index (χ1v) is 6.93. The summed E-state index contributed by atoms with van der Waals surface area (Å²) in [5.74, 6) is 0.0702. The first kappa shape index (κ1) is 14.1. The average molecular weight is 268 g/mol. The van der Waals surface area contributed by atoms with E-state index in [2.05, 4.69) is 22.8 Å². The summed E-state index contributed by atoms with van der Waals surface area (Å²) in [6, 6.07) is 20.2. The van der Waals surface area contributed by atoms with Crippen molar-refractivity contribution in [1.29, 1.82) is 0 Å². The zero-order chi connectivity index (χ0) is 14.2. The monoisotopic (exact) mass is 268 g/mol. The molecule has 20 heavy (non-hydrogen) atoms. The third kappa shape index (κ3) is 4.12. The van der Waals surface area contributed by atoms with Gasteiger partial charge in [-0.1, -0.05) is 55.5 Å². The van der Waals surface area contributed by atoms with E-state index in [4.69, 9.17) is 0 Å². The molecule has 3 nitrogen and oxygen atoms in total. The largest absolute Gasteiger partial charge is 0.376 e. The van der Waals surface area contributed by atoms with Crippen molar-refractivity contribution >= 4 is 11.6 Å². The van der Waals surface area contributed by atoms with Gasteiger partial charge in [0, 0.05) is 18.7 Å². The maximum absolute atomic E-state index is 11.5. The van der Waals surface area contributed by atoms with Gasteiger partial charge in [0.15, 0.2) is 0 Å². The molecule has 2 rings (SSSR count). The minimum atomic E-state index is 0.0640. The minimum Gasteiger partial charge on any atom is -0.376 e. The highest BCUT2D eigenvalue weighted by Crippen LogP contribution is 2.18. The molecule has 0 aliphatic rings. The second-order valence-electron chi connectivity index (χ2n) is 4.63. The van der Waals surface area contributed by atoms with Crippen LogP contribution in [-0.2, 0) is 4.79 Å². The van der Waals surface area contributed by atoms with Crippen LogP contribution in [-0.4, -0.2) is 12.5 Å². The van der Waals surface area contributed by atoms with Crippen LogP contribution in [0.15, 0.2) is 60.7 Å². The summed E-state index contributed by atoms with van der Waals surface area (Å²) in [4.78, 5) is 11.5. The van der Waals surface area contributed by atoms with Gasteiger partial charge in [0.05, 0.1) is 6.04 Å². The van der Waals surface area contributed by atoms with Gasteiger partial charge in [-0.05, 0) is 17.7 Å². The van der Waals surface area contributed by atoms with Crippen LogP contribution in [0.4, 0.5) is 5.69 Å². The molecule has 2 N–H and O–H groups in total. The Kier molecular flexibility index (Phi) is 5.18. The van der Waals surface area contributed by atoms with Gasteiger partial charge in [-0.3, -0.25) is 4.79 Å². The van der Waals surface area contributed by atoms with Crippen molar-refractivity contribution in [2.75, 3.05) is 11.9 Å². The van der Waals surface area contributed by atoms with Gasteiger partial charge in [-0.15, -0.1) is 0 Å². The molecule has 2 aromatic rings. The Hall–Kier alpha value is -2.29. The van der Waals surface area contributed by atoms with Gasteiger partial charge >= 0.3 is 0 Å². The van der Waals surface area contributed by atoms with Crippen LogP contribution in [0, 0.1) is 0 Å². The highest BCUT2D eigenvalue weighted by atomic mass is 16.1. The molecule has 0 aliphatic heterocycles. The van der Waals surface area contributed by atoms with Gasteiger partial charge in [0.25, 0.3) is 0 Å². The van der Waals surface area contributed by atoms with E-state index in [-0.39, 0.29) is 11.9 Å². The van der Waals surface area contributed by atoms with E-state index >= 15 is 0 Å². The highest BCUT2D eigenvalue weighted by molar-refractivity contribution is 5.75. The van der Waals surface area contributed by atoms with Crippen molar-refractivity contribution in [1.82, 2.24) is 5.32 Å². The zero-order valence-electron chi connectivity index (χ0n) is 11.7. The number of carbonyl (C=O) groups excluding carboxylic acids is 1. The second kappa shape index (κ2) is 7.34. The molecule has 0 bridgehead atoms. The lowest BCUT2D eigenvalue weighted by atomic mass is 10.1. The van der Waals surface area contributed by atoms with E-state index in [9.17, 15) is 4.79 Å². The standard InChI is InChI=1S/C17H20N2O/c1-2-17(20)18-13-16(14-9-5-3-6-10-14)19-15-11-7-4-8-12-15/h3-12,16,19H,2,13H2,1H3,(H,18,20). The van der Waals surface area contributed by atoms with Crippen molar-refractivity contribution in [3.05, 3.63) is 66.2 Å². The molecule has 0 spiro atoms. The fourth-order valence-electron chi connectivity index (χ4n) is 2.01. The van der Waals surface area contributed by atoms with Crippen LogP contribution in [0.3, 0.4) is 0 Å². The molecule has 0 saturated carbocycles. The highest BCUT2D eigenvalue weighted by Gasteiger charge is 2.11. The molecule has 1 unspecified atom stereocenters. The summed E-state index contributed by atoms with van der Waals surface area (Å²) in [6.45, 7) is 2.43. The maximum atomic E-state index is 11.5. The second-order valence-corrected chi connectivity index (χ2v) is 4.63. The van der Waals surface area contributed by atoms with Crippen LogP contribution in [0.25, 0.3) is 0 Å². The normalized spacial score (nSPS) is 11.7. The molecule has 2 aromatic carbocycles.